The molecule has 0 fully saturated rings. The molecule has 0 saturated carbocycles. The van der Waals surface area contributed by atoms with Crippen molar-refractivity contribution < 1.29 is 0 Å². The second-order valence-corrected chi connectivity index (χ2v) is 4.99. The molecule has 0 aliphatic rings. The van der Waals surface area contributed by atoms with Gasteiger partial charge in [0.25, 0.3) is 5.56 Å². The van der Waals surface area contributed by atoms with Gasteiger partial charge in [-0.1, -0.05) is 29.8 Å². The molecule has 0 amide bonds. The Hall–Kier alpha value is -2.75. The number of hydrogen-bond donors (Lipinski definition) is 0. The molecule has 21 heavy (non-hydrogen) atoms. The first-order chi connectivity index (χ1) is 10.2. The van der Waals surface area contributed by atoms with Crippen molar-refractivity contribution in [3.05, 3.63) is 71.0 Å². The second-order valence-electron chi connectivity index (χ2n) is 4.99. The normalized spacial score (nSPS) is 10.6. The predicted octanol–water partition coefficient (Wildman–Crippen LogP) is 2.82. The Morgan fingerprint density at radius 3 is 2.29 bits per heavy atom. The third-order valence-corrected chi connectivity index (χ3v) is 3.43. The minimum atomic E-state index is -0.0549. The summed E-state index contributed by atoms with van der Waals surface area (Å²) in [6, 6.07) is 11.6. The smallest absolute Gasteiger partial charge is 0.261 e. The zero-order valence-corrected chi connectivity index (χ0v) is 11.9. The maximum Gasteiger partial charge on any atom is 0.261 e. The molecule has 2 heterocycles. The standard InChI is InChI=1S/C17H15N3O/c1-12-3-5-13(6-4-12)15-16(14-7-9-18-10-8-14)19-11-20(2)17(15)21/h3-11H,1-2H3. The van der Waals surface area contributed by atoms with Crippen LogP contribution >= 0.6 is 0 Å². The zero-order chi connectivity index (χ0) is 14.8. The quantitative estimate of drug-likeness (QED) is 0.723. The molecule has 0 bridgehead atoms. The molecule has 0 N–H and O–H groups in total. The van der Waals surface area contributed by atoms with E-state index in [-0.39, 0.29) is 5.56 Å². The first-order valence-corrected chi connectivity index (χ1v) is 6.70. The van der Waals surface area contributed by atoms with Crippen LogP contribution in [0.25, 0.3) is 22.4 Å². The maximum absolute atomic E-state index is 12.6. The van der Waals surface area contributed by atoms with Crippen LogP contribution in [0.1, 0.15) is 5.56 Å². The van der Waals surface area contributed by atoms with E-state index in [0.29, 0.717) is 11.3 Å². The molecule has 0 aliphatic carbocycles. The number of rotatable bonds is 2. The van der Waals surface area contributed by atoms with Crippen LogP contribution in [0, 0.1) is 6.92 Å². The Morgan fingerprint density at radius 1 is 0.952 bits per heavy atom. The highest BCUT2D eigenvalue weighted by molar-refractivity contribution is 5.79. The monoisotopic (exact) mass is 277 g/mol. The fourth-order valence-corrected chi connectivity index (χ4v) is 2.25. The van der Waals surface area contributed by atoms with Crippen LogP contribution in [0.2, 0.25) is 0 Å². The zero-order valence-electron chi connectivity index (χ0n) is 11.9. The Kier molecular flexibility index (Phi) is 3.36. The Bertz CT molecular complexity index is 821. The molecule has 0 unspecified atom stereocenters. The highest BCUT2D eigenvalue weighted by Gasteiger charge is 2.14. The summed E-state index contributed by atoms with van der Waals surface area (Å²) in [5, 5.41) is 0. The summed E-state index contributed by atoms with van der Waals surface area (Å²) in [4.78, 5) is 21.0. The van der Waals surface area contributed by atoms with Crippen molar-refractivity contribution in [3.8, 4) is 22.4 Å². The maximum atomic E-state index is 12.6. The van der Waals surface area contributed by atoms with Gasteiger partial charge in [0.2, 0.25) is 0 Å². The van der Waals surface area contributed by atoms with Crippen molar-refractivity contribution in [2.45, 2.75) is 6.92 Å². The fraction of sp³-hybridized carbons (Fsp3) is 0.118. The van der Waals surface area contributed by atoms with E-state index in [9.17, 15) is 4.79 Å². The van der Waals surface area contributed by atoms with Gasteiger partial charge in [0.15, 0.2) is 0 Å². The van der Waals surface area contributed by atoms with E-state index < -0.39 is 0 Å². The van der Waals surface area contributed by atoms with E-state index in [0.717, 1.165) is 16.7 Å². The summed E-state index contributed by atoms with van der Waals surface area (Å²) in [5.74, 6) is 0. The van der Waals surface area contributed by atoms with E-state index in [2.05, 4.69) is 9.97 Å². The largest absolute Gasteiger partial charge is 0.302 e. The molecular formula is C17H15N3O. The van der Waals surface area contributed by atoms with Crippen molar-refractivity contribution in [1.29, 1.82) is 0 Å². The Morgan fingerprint density at radius 2 is 1.62 bits per heavy atom. The first-order valence-electron chi connectivity index (χ1n) is 6.70. The van der Waals surface area contributed by atoms with E-state index in [4.69, 9.17) is 0 Å². The van der Waals surface area contributed by atoms with E-state index in [1.165, 1.54) is 4.57 Å². The average Bonchev–Trinajstić information content (AvgIpc) is 2.52. The summed E-state index contributed by atoms with van der Waals surface area (Å²) in [7, 11) is 1.71. The third-order valence-electron chi connectivity index (χ3n) is 3.43. The van der Waals surface area contributed by atoms with Gasteiger partial charge in [0.05, 0.1) is 17.6 Å². The molecule has 1 aromatic carbocycles. The molecule has 104 valence electrons. The van der Waals surface area contributed by atoms with Crippen LogP contribution in [0.5, 0.6) is 0 Å². The van der Waals surface area contributed by atoms with Crippen molar-refractivity contribution in [1.82, 2.24) is 14.5 Å². The van der Waals surface area contributed by atoms with E-state index >= 15 is 0 Å². The predicted molar refractivity (Wildman–Crippen MR) is 82.9 cm³/mol. The lowest BCUT2D eigenvalue weighted by atomic mass is 10.0. The molecule has 0 atom stereocenters. The van der Waals surface area contributed by atoms with E-state index in [1.807, 2.05) is 43.3 Å². The van der Waals surface area contributed by atoms with Crippen molar-refractivity contribution >= 4 is 0 Å². The number of aromatic nitrogens is 3. The topological polar surface area (TPSA) is 47.8 Å². The van der Waals surface area contributed by atoms with Gasteiger partial charge in [-0.15, -0.1) is 0 Å². The summed E-state index contributed by atoms with van der Waals surface area (Å²) in [6.45, 7) is 2.02. The van der Waals surface area contributed by atoms with Gasteiger partial charge in [-0.3, -0.25) is 9.78 Å². The van der Waals surface area contributed by atoms with Crippen LogP contribution in [0.15, 0.2) is 59.9 Å². The van der Waals surface area contributed by atoms with Gasteiger partial charge in [0, 0.05) is 25.0 Å². The van der Waals surface area contributed by atoms with Gasteiger partial charge >= 0.3 is 0 Å². The molecule has 3 rings (SSSR count). The molecule has 4 nitrogen and oxygen atoms in total. The van der Waals surface area contributed by atoms with Gasteiger partial charge in [-0.25, -0.2) is 4.98 Å². The number of benzene rings is 1. The fourth-order valence-electron chi connectivity index (χ4n) is 2.25. The van der Waals surface area contributed by atoms with Gasteiger partial charge in [-0.2, -0.15) is 0 Å². The molecule has 0 radical (unpaired) electrons. The molecule has 0 aliphatic heterocycles. The lowest BCUT2D eigenvalue weighted by Crippen LogP contribution is -2.20. The highest BCUT2D eigenvalue weighted by Crippen LogP contribution is 2.26. The minimum absolute atomic E-state index is 0.0549. The van der Waals surface area contributed by atoms with Crippen molar-refractivity contribution in [2.24, 2.45) is 7.05 Å². The van der Waals surface area contributed by atoms with Crippen LogP contribution < -0.4 is 5.56 Å². The Labute approximate surface area is 122 Å². The van der Waals surface area contributed by atoms with Gasteiger partial charge in [0.1, 0.15) is 0 Å². The van der Waals surface area contributed by atoms with Crippen molar-refractivity contribution in [2.75, 3.05) is 0 Å². The number of hydrogen-bond acceptors (Lipinski definition) is 3. The lowest BCUT2D eigenvalue weighted by Gasteiger charge is -2.10. The van der Waals surface area contributed by atoms with Crippen LogP contribution in [0.3, 0.4) is 0 Å². The van der Waals surface area contributed by atoms with Crippen molar-refractivity contribution in [3.63, 3.8) is 0 Å². The average molecular weight is 277 g/mol. The lowest BCUT2D eigenvalue weighted by molar-refractivity contribution is 0.829. The SMILES string of the molecule is Cc1ccc(-c2c(-c3ccncc3)ncn(C)c2=O)cc1. The second kappa shape index (κ2) is 5.32. The third kappa shape index (κ3) is 2.48. The number of aryl methyl sites for hydroxylation is 2. The molecule has 4 heteroatoms. The summed E-state index contributed by atoms with van der Waals surface area (Å²) in [5.41, 5.74) is 4.17. The molecular weight excluding hydrogens is 262 g/mol. The summed E-state index contributed by atoms with van der Waals surface area (Å²) < 4.78 is 1.50. The number of pyridine rings is 1. The highest BCUT2D eigenvalue weighted by atomic mass is 16.1. The summed E-state index contributed by atoms with van der Waals surface area (Å²) >= 11 is 0. The molecule has 0 spiro atoms. The molecule has 3 aromatic rings. The summed E-state index contributed by atoms with van der Waals surface area (Å²) in [6.07, 6.45) is 4.95. The van der Waals surface area contributed by atoms with E-state index in [1.54, 1.807) is 25.8 Å². The van der Waals surface area contributed by atoms with Gasteiger partial charge in [-0.05, 0) is 24.6 Å². The van der Waals surface area contributed by atoms with Crippen LogP contribution in [-0.2, 0) is 7.05 Å². The number of nitrogens with zero attached hydrogens (tertiary/aromatic N) is 3. The minimum Gasteiger partial charge on any atom is -0.302 e. The van der Waals surface area contributed by atoms with Crippen LogP contribution in [0.4, 0.5) is 0 Å². The first kappa shape index (κ1) is 13.2. The molecule has 0 saturated heterocycles. The molecule has 2 aromatic heterocycles. The van der Waals surface area contributed by atoms with Crippen LogP contribution in [-0.4, -0.2) is 14.5 Å². The van der Waals surface area contributed by atoms with Gasteiger partial charge < -0.3 is 4.57 Å². The Balaban J connectivity index is 2.30.